The van der Waals surface area contributed by atoms with Gasteiger partial charge in [0.05, 0.1) is 0 Å². The molecule has 0 saturated carbocycles. The first-order chi connectivity index (χ1) is 47.1. The van der Waals surface area contributed by atoms with Gasteiger partial charge in [-0.1, -0.05) is 409 Å². The molecular formula is C90H183O9Rh-. The molecule has 3 unspecified atom stereocenters. The normalized spacial score (nSPS) is 7.89. The van der Waals surface area contributed by atoms with Crippen molar-refractivity contribution in [1.82, 2.24) is 0 Å². The van der Waals surface area contributed by atoms with E-state index in [-0.39, 0.29) is 53.2 Å². The molecule has 0 bridgehead atoms. The Kier molecular flexibility index (Phi) is 304. The molecule has 10 heteroatoms. The van der Waals surface area contributed by atoms with E-state index < -0.39 is 0 Å². The minimum Gasteiger partial charge on any atom is -0.508 e. The van der Waals surface area contributed by atoms with E-state index in [4.69, 9.17) is 43.7 Å². The number of para-hydroxylation sites is 5. The Hall–Kier alpha value is -5.22. The molecule has 0 amide bonds. The quantitative estimate of drug-likeness (QED) is 0.0700. The maximum Gasteiger partial charge on any atom is 0.196 e. The fraction of sp³-hybridized carbons (Fsp3) is 0.589. The Morgan fingerprint density at radius 3 is 0.500 bits per heavy atom. The Labute approximate surface area is 646 Å². The van der Waals surface area contributed by atoms with Crippen LogP contribution in [0.5, 0.6) is 28.7 Å². The van der Waals surface area contributed by atoms with Crippen LogP contribution in [-0.2, 0) is 38.4 Å². The van der Waals surface area contributed by atoms with Crippen molar-refractivity contribution in [2.24, 2.45) is 0 Å². The van der Waals surface area contributed by atoms with Crippen molar-refractivity contribution in [2.45, 2.75) is 335 Å². The first-order valence-corrected chi connectivity index (χ1v) is 38.1. The first-order valence-electron chi connectivity index (χ1n) is 38.1. The summed E-state index contributed by atoms with van der Waals surface area (Å²) in [6.07, 6.45) is 7.10. The molecule has 3 N–H and O–H groups in total. The van der Waals surface area contributed by atoms with E-state index in [1.54, 1.807) is 87.0 Å². The fourth-order valence-corrected chi connectivity index (χ4v) is 3.67. The van der Waals surface area contributed by atoms with Gasteiger partial charge in [-0.3, -0.25) is 0 Å². The van der Waals surface area contributed by atoms with Gasteiger partial charge in [-0.15, -0.1) is 0 Å². The average Bonchev–Trinajstić information content (AvgIpc) is 1.22. The van der Waals surface area contributed by atoms with Crippen LogP contribution in [0.25, 0.3) is 0 Å². The van der Waals surface area contributed by atoms with Crippen molar-refractivity contribution in [3.63, 3.8) is 0 Å². The van der Waals surface area contributed by atoms with Gasteiger partial charge >= 0.3 is 0 Å². The standard InChI is InChI=1S/C10H14O2.C9H12O2.3C6H6O.C6H6.C5H12O2.6C3H8.11C2H6.CH4.CH3.Rh/c1-3-11-9(2)12-10-7-5-4-6-8-10;1-8(10-2)11-9-6-4-3-5-7-9;3*7-6-4-2-1-3-5-6;1-2-4-6-5-3-1;1-4-7-5(2)6-3;6*1-3-2;11*1-2;;;/h4-9H,3H2,1-2H3;3-8H,1-2H3;3*1-5,7H;1-6H;5H,4H2,1-3H3;6*3H2,1-2H3;11*1-2H3;1H4;1H3;/q;;;;;;;;;;;;;;;;;;;;;;;;;-1;. The predicted octanol–water partition coefficient (Wildman–Crippen LogP) is 32.3. The van der Waals surface area contributed by atoms with Crippen LogP contribution in [0.3, 0.4) is 0 Å². The third kappa shape index (κ3) is 226. The summed E-state index contributed by atoms with van der Waals surface area (Å²) in [7, 11) is 3.24. The number of rotatable bonds is 10. The van der Waals surface area contributed by atoms with Crippen molar-refractivity contribution in [3.05, 3.63) is 195 Å². The average molecular weight is 1510 g/mol. The maximum atomic E-state index is 8.63. The maximum absolute atomic E-state index is 8.63. The third-order valence-electron chi connectivity index (χ3n) is 6.49. The van der Waals surface area contributed by atoms with Crippen molar-refractivity contribution in [1.29, 1.82) is 0 Å². The topological polar surface area (TPSA) is 116 Å². The van der Waals surface area contributed by atoms with Gasteiger partial charge in [-0.25, -0.2) is 0 Å². The Bertz CT molecular complexity index is 1620. The van der Waals surface area contributed by atoms with Crippen molar-refractivity contribution >= 4 is 0 Å². The molecule has 6 rings (SSSR count). The molecule has 9 nitrogen and oxygen atoms in total. The van der Waals surface area contributed by atoms with Crippen LogP contribution in [0.1, 0.15) is 316 Å². The first kappa shape index (κ1) is 153. The second-order valence-corrected chi connectivity index (χ2v) is 15.4. The molecule has 100 heavy (non-hydrogen) atoms. The van der Waals surface area contributed by atoms with Gasteiger partial charge in [0.25, 0.3) is 0 Å². The summed E-state index contributed by atoms with van der Waals surface area (Å²) in [4.78, 5) is 0. The number of hydrogen-bond acceptors (Lipinski definition) is 9. The van der Waals surface area contributed by atoms with E-state index in [0.29, 0.717) is 23.9 Å². The largest absolute Gasteiger partial charge is 0.508 e. The van der Waals surface area contributed by atoms with Crippen molar-refractivity contribution in [2.75, 3.05) is 27.4 Å². The molecule has 0 spiro atoms. The number of phenolic OH excluding ortho intramolecular Hbond substituents is 3. The van der Waals surface area contributed by atoms with Gasteiger partial charge in [0, 0.05) is 46.9 Å². The monoisotopic (exact) mass is 1510 g/mol. The summed E-state index contributed by atoms with van der Waals surface area (Å²) in [6.45, 7) is 80.4. The third-order valence-corrected chi connectivity index (χ3v) is 6.49. The van der Waals surface area contributed by atoms with Crippen LogP contribution < -0.4 is 9.47 Å². The molecule has 0 aliphatic rings. The van der Waals surface area contributed by atoms with Gasteiger partial charge < -0.3 is 51.2 Å². The van der Waals surface area contributed by atoms with Crippen molar-refractivity contribution in [3.8, 4) is 28.7 Å². The Balaban J connectivity index is -0.0000000353. The number of methoxy groups -OCH3 is 2. The van der Waals surface area contributed by atoms with E-state index in [9.17, 15) is 0 Å². The molecule has 0 fully saturated rings. The van der Waals surface area contributed by atoms with Crippen LogP contribution in [-0.4, -0.2) is 61.6 Å². The summed E-state index contributed by atoms with van der Waals surface area (Å²) >= 11 is 0. The zero-order chi connectivity index (χ0) is 80.4. The number of aromatic hydroxyl groups is 3. The number of benzene rings is 6. The van der Waals surface area contributed by atoms with Crippen LogP contribution in [0.2, 0.25) is 0 Å². The molecule has 607 valence electrons. The van der Waals surface area contributed by atoms with E-state index in [1.165, 1.54) is 38.5 Å². The molecule has 3 atom stereocenters. The molecule has 0 aromatic heterocycles. The molecule has 0 aliphatic heterocycles. The predicted molar refractivity (Wildman–Crippen MR) is 464 cm³/mol. The number of phenols is 3. The van der Waals surface area contributed by atoms with E-state index in [2.05, 4.69) is 83.1 Å². The number of ether oxygens (including phenoxy) is 6. The second kappa shape index (κ2) is 198. The summed E-state index contributed by atoms with van der Waals surface area (Å²) in [5.74, 6) is 2.65. The van der Waals surface area contributed by atoms with Crippen LogP contribution in [0.4, 0.5) is 0 Å². The van der Waals surface area contributed by atoms with E-state index >= 15 is 0 Å². The summed E-state index contributed by atoms with van der Waals surface area (Å²) in [5.41, 5.74) is 0. The Morgan fingerprint density at radius 2 is 0.380 bits per heavy atom. The fourth-order valence-electron chi connectivity index (χ4n) is 3.67. The molecule has 0 saturated heterocycles. The Morgan fingerprint density at radius 1 is 0.250 bits per heavy atom. The van der Waals surface area contributed by atoms with Gasteiger partial charge in [0.1, 0.15) is 28.7 Å². The SMILES string of the molecule is C.CC.CC.CC.CC.CC.CC.CC.CC.CC.CC.CC.CCC.CCC.CCC.CCC.CCC.CCC.CCOC(C)OC.CCOC(C)Oc1ccccc1.COC(C)Oc1ccccc1.Oc1ccccc1.Oc1ccccc1.Oc1ccccc1.[CH3-].[Rh].c1ccccc1. The van der Waals surface area contributed by atoms with Crippen LogP contribution in [0, 0.1) is 7.43 Å². The zero-order valence-electron chi connectivity index (χ0n) is 73.9. The van der Waals surface area contributed by atoms with Gasteiger partial charge in [-0.2, -0.15) is 0 Å². The summed E-state index contributed by atoms with van der Waals surface area (Å²) < 4.78 is 30.7. The van der Waals surface area contributed by atoms with Gasteiger partial charge in [0.15, 0.2) is 18.9 Å². The van der Waals surface area contributed by atoms with Crippen LogP contribution >= 0.6 is 0 Å². The van der Waals surface area contributed by atoms with Crippen LogP contribution in [0.15, 0.2) is 188 Å². The van der Waals surface area contributed by atoms with Crippen molar-refractivity contribution < 1.29 is 63.2 Å². The van der Waals surface area contributed by atoms with Gasteiger partial charge in [-0.05, 0) is 95.3 Å². The summed E-state index contributed by atoms with van der Waals surface area (Å²) in [5, 5.41) is 25.9. The second-order valence-electron chi connectivity index (χ2n) is 15.4. The molecule has 6 aromatic carbocycles. The molecule has 0 aliphatic carbocycles. The zero-order valence-corrected chi connectivity index (χ0v) is 75.5. The van der Waals surface area contributed by atoms with E-state index in [0.717, 1.165) is 18.1 Å². The minimum absolute atomic E-state index is 0. The number of hydrogen-bond donors (Lipinski definition) is 3. The molecular weight excluding hydrogens is 1330 g/mol. The molecule has 6 aromatic rings. The smallest absolute Gasteiger partial charge is 0.196 e. The molecule has 1 radical (unpaired) electrons. The summed E-state index contributed by atoms with van der Waals surface area (Å²) in [6, 6.07) is 57.4. The van der Waals surface area contributed by atoms with E-state index in [1.807, 2.05) is 302 Å². The molecule has 0 heterocycles. The van der Waals surface area contributed by atoms with Gasteiger partial charge in [0.2, 0.25) is 0 Å². The minimum atomic E-state index is -0.183.